The highest BCUT2D eigenvalue weighted by Crippen LogP contribution is 2.34. The zero-order valence-corrected chi connectivity index (χ0v) is 13.8. The van der Waals surface area contributed by atoms with Crippen molar-refractivity contribution in [2.24, 2.45) is 4.99 Å². The minimum atomic E-state index is -0.249. The van der Waals surface area contributed by atoms with Crippen LogP contribution < -0.4 is 15.4 Å². The highest BCUT2D eigenvalue weighted by atomic mass is 127. The minimum absolute atomic E-state index is 0.249. The molecule has 1 aromatic carbocycles. The van der Waals surface area contributed by atoms with Crippen molar-refractivity contribution in [3.8, 4) is 5.75 Å². The Kier molecular flexibility index (Phi) is 4.82. The van der Waals surface area contributed by atoms with E-state index in [1.807, 2.05) is 25.1 Å². The number of nitrogens with one attached hydrogen (secondary N) is 2. The molecule has 106 valence electrons. The molecule has 0 saturated carbocycles. The molecule has 1 unspecified atom stereocenters. The summed E-state index contributed by atoms with van der Waals surface area (Å²) >= 11 is 2.34. The first-order valence-corrected chi connectivity index (χ1v) is 7.39. The van der Waals surface area contributed by atoms with E-state index in [1.165, 1.54) is 9.13 Å². The summed E-state index contributed by atoms with van der Waals surface area (Å²) in [7, 11) is 1.68. The van der Waals surface area contributed by atoms with E-state index in [2.05, 4.69) is 57.1 Å². The molecular weight excluding hydrogens is 365 g/mol. The van der Waals surface area contributed by atoms with E-state index in [0.717, 1.165) is 18.0 Å². The number of allylic oxidation sites excluding steroid dienone is 2. The number of nitrogens with zero attached hydrogens (tertiary/aromatic N) is 1. The Balaban J connectivity index is 2.31. The van der Waals surface area contributed by atoms with Gasteiger partial charge in [-0.1, -0.05) is 6.08 Å². The van der Waals surface area contributed by atoms with E-state index < -0.39 is 0 Å². The lowest BCUT2D eigenvalue weighted by Gasteiger charge is -2.20. The van der Waals surface area contributed by atoms with Crippen LogP contribution in [0.15, 0.2) is 47.2 Å². The van der Waals surface area contributed by atoms with Crippen LogP contribution in [0.25, 0.3) is 0 Å². The molecule has 0 bridgehead atoms. The Morgan fingerprint density at radius 1 is 1.60 bits per heavy atom. The second kappa shape index (κ2) is 6.41. The SMILES string of the molecule is C=N/C=C(\C=C/C)NC1(c2cc(OC)ccc2I)CN1. The minimum Gasteiger partial charge on any atom is -0.497 e. The van der Waals surface area contributed by atoms with Gasteiger partial charge in [-0.2, -0.15) is 0 Å². The maximum Gasteiger partial charge on any atom is 0.129 e. The van der Waals surface area contributed by atoms with Crippen molar-refractivity contribution < 1.29 is 4.74 Å². The highest BCUT2D eigenvalue weighted by molar-refractivity contribution is 14.1. The molecule has 1 aliphatic heterocycles. The second-order valence-electron chi connectivity index (χ2n) is 4.50. The van der Waals surface area contributed by atoms with Gasteiger partial charge in [-0.25, -0.2) is 0 Å². The van der Waals surface area contributed by atoms with Crippen molar-refractivity contribution in [2.75, 3.05) is 13.7 Å². The van der Waals surface area contributed by atoms with Crippen LogP contribution in [0.5, 0.6) is 5.75 Å². The lowest BCUT2D eigenvalue weighted by Crippen LogP contribution is -2.33. The van der Waals surface area contributed by atoms with Crippen LogP contribution in [-0.2, 0) is 5.66 Å². The number of methoxy groups -OCH3 is 1. The van der Waals surface area contributed by atoms with E-state index in [0.29, 0.717) is 0 Å². The van der Waals surface area contributed by atoms with Crippen LogP contribution in [0.1, 0.15) is 12.5 Å². The molecule has 0 radical (unpaired) electrons. The molecular formula is C15H18IN3O. The van der Waals surface area contributed by atoms with Gasteiger partial charge in [-0.05, 0) is 60.5 Å². The molecule has 20 heavy (non-hydrogen) atoms. The quantitative estimate of drug-likeness (QED) is 0.344. The van der Waals surface area contributed by atoms with Crippen LogP contribution in [-0.4, -0.2) is 20.4 Å². The van der Waals surface area contributed by atoms with Crippen LogP contribution in [0.4, 0.5) is 0 Å². The third kappa shape index (κ3) is 3.21. The Bertz CT molecular complexity index is 562. The summed E-state index contributed by atoms with van der Waals surface area (Å²) in [6.07, 6.45) is 5.66. The molecule has 0 aromatic heterocycles. The van der Waals surface area contributed by atoms with Crippen LogP contribution >= 0.6 is 22.6 Å². The summed E-state index contributed by atoms with van der Waals surface area (Å²) in [6.45, 7) is 6.35. The lowest BCUT2D eigenvalue weighted by atomic mass is 10.1. The lowest BCUT2D eigenvalue weighted by molar-refractivity contribution is 0.412. The Morgan fingerprint density at radius 3 is 2.90 bits per heavy atom. The van der Waals surface area contributed by atoms with Gasteiger partial charge in [0.15, 0.2) is 0 Å². The van der Waals surface area contributed by atoms with Gasteiger partial charge in [0.2, 0.25) is 0 Å². The van der Waals surface area contributed by atoms with Crippen molar-refractivity contribution in [1.29, 1.82) is 0 Å². The number of benzene rings is 1. The van der Waals surface area contributed by atoms with Crippen molar-refractivity contribution in [3.63, 3.8) is 0 Å². The summed E-state index contributed by atoms with van der Waals surface area (Å²) in [5.41, 5.74) is 1.85. The molecule has 0 spiro atoms. The third-order valence-corrected chi connectivity index (χ3v) is 4.04. The first kappa shape index (κ1) is 15.1. The maximum atomic E-state index is 5.32. The van der Waals surface area contributed by atoms with Crippen LogP contribution in [0.2, 0.25) is 0 Å². The molecule has 4 nitrogen and oxygen atoms in total. The monoisotopic (exact) mass is 383 g/mol. The predicted octanol–water partition coefficient (Wildman–Crippen LogP) is 2.76. The van der Waals surface area contributed by atoms with E-state index in [1.54, 1.807) is 13.3 Å². The fourth-order valence-electron chi connectivity index (χ4n) is 2.03. The summed E-state index contributed by atoms with van der Waals surface area (Å²) in [5, 5.41) is 6.88. The van der Waals surface area contributed by atoms with Gasteiger partial charge in [0.25, 0.3) is 0 Å². The third-order valence-electron chi connectivity index (χ3n) is 3.10. The average Bonchev–Trinajstić information content (AvgIpc) is 3.20. The molecule has 1 saturated heterocycles. The van der Waals surface area contributed by atoms with Crippen LogP contribution in [0.3, 0.4) is 0 Å². The van der Waals surface area contributed by atoms with Crippen molar-refractivity contribution in [3.05, 3.63) is 51.4 Å². The summed E-state index contributed by atoms with van der Waals surface area (Å²) in [6, 6.07) is 6.09. The molecule has 1 heterocycles. The second-order valence-corrected chi connectivity index (χ2v) is 5.66. The highest BCUT2D eigenvalue weighted by Gasteiger charge is 2.45. The smallest absolute Gasteiger partial charge is 0.129 e. The Hall–Kier alpha value is -1.34. The summed E-state index contributed by atoms with van der Waals surface area (Å²) in [4.78, 5) is 3.84. The van der Waals surface area contributed by atoms with Crippen LogP contribution in [0, 0.1) is 3.57 Å². The Labute approximate surface area is 133 Å². The van der Waals surface area contributed by atoms with Crippen molar-refractivity contribution in [2.45, 2.75) is 12.6 Å². The molecule has 1 aromatic rings. The number of hydrogen-bond acceptors (Lipinski definition) is 4. The summed E-state index contributed by atoms with van der Waals surface area (Å²) < 4.78 is 6.50. The fourth-order valence-corrected chi connectivity index (χ4v) is 2.83. The molecule has 5 heteroatoms. The van der Waals surface area contributed by atoms with E-state index in [-0.39, 0.29) is 5.66 Å². The van der Waals surface area contributed by atoms with E-state index in [9.17, 15) is 0 Å². The average molecular weight is 383 g/mol. The van der Waals surface area contributed by atoms with Crippen molar-refractivity contribution in [1.82, 2.24) is 10.6 Å². The molecule has 1 aliphatic rings. The number of ether oxygens (including phenoxy) is 1. The van der Waals surface area contributed by atoms with Gasteiger partial charge >= 0.3 is 0 Å². The maximum absolute atomic E-state index is 5.32. The van der Waals surface area contributed by atoms with Gasteiger partial charge < -0.3 is 10.1 Å². The number of hydrogen-bond donors (Lipinski definition) is 2. The van der Waals surface area contributed by atoms with Gasteiger partial charge in [-0.15, -0.1) is 0 Å². The van der Waals surface area contributed by atoms with E-state index in [4.69, 9.17) is 4.74 Å². The molecule has 1 atom stereocenters. The normalized spacial score (nSPS) is 21.9. The van der Waals surface area contributed by atoms with E-state index >= 15 is 0 Å². The molecule has 0 amide bonds. The predicted molar refractivity (Wildman–Crippen MR) is 91.0 cm³/mol. The van der Waals surface area contributed by atoms with Gasteiger partial charge in [0, 0.05) is 21.9 Å². The molecule has 2 rings (SSSR count). The topological polar surface area (TPSA) is 55.6 Å². The van der Waals surface area contributed by atoms with Gasteiger partial charge in [-0.3, -0.25) is 10.3 Å². The number of aliphatic imine (C=N–C) groups is 1. The first-order valence-electron chi connectivity index (χ1n) is 6.31. The molecule has 2 N–H and O–H groups in total. The largest absolute Gasteiger partial charge is 0.497 e. The van der Waals surface area contributed by atoms with Gasteiger partial charge in [0.1, 0.15) is 11.4 Å². The zero-order valence-electron chi connectivity index (χ0n) is 11.6. The summed E-state index contributed by atoms with van der Waals surface area (Å²) in [5.74, 6) is 0.855. The molecule has 1 fully saturated rings. The first-order chi connectivity index (χ1) is 9.65. The number of rotatable bonds is 6. The Morgan fingerprint density at radius 2 is 2.35 bits per heavy atom. The molecule has 0 aliphatic carbocycles. The number of halogens is 1. The van der Waals surface area contributed by atoms with Gasteiger partial charge in [0.05, 0.1) is 12.8 Å². The van der Waals surface area contributed by atoms with Crippen molar-refractivity contribution >= 4 is 29.3 Å². The zero-order chi connectivity index (χ0) is 14.6. The fraction of sp³-hybridized carbons (Fsp3) is 0.267. The standard InChI is InChI=1S/C15H18IN3O/c1-4-5-11(9-17-2)19-15(10-18-15)13-8-12(20-3)6-7-14(13)16/h4-9,18-19H,2,10H2,1,3H3/b5-4-,11-9+.